The number of benzene rings is 2. The van der Waals surface area contributed by atoms with E-state index in [9.17, 15) is 5.11 Å². The van der Waals surface area contributed by atoms with Gasteiger partial charge in [0.2, 0.25) is 5.88 Å². The molecule has 190 valence electrons. The second kappa shape index (κ2) is 11.6. The fourth-order valence-corrected chi connectivity index (χ4v) is 5.08. The van der Waals surface area contributed by atoms with E-state index >= 15 is 0 Å². The lowest BCUT2D eigenvalue weighted by molar-refractivity contribution is -0.168. The molecule has 0 radical (unpaired) electrons. The normalized spacial score (nSPS) is 20.9. The number of aromatic nitrogens is 1. The smallest absolute Gasteiger partial charge is 0.232 e. The van der Waals surface area contributed by atoms with Crippen molar-refractivity contribution in [2.75, 3.05) is 24.6 Å². The Labute approximate surface area is 217 Å². The number of anilines is 1. The van der Waals surface area contributed by atoms with Crippen LogP contribution in [-0.4, -0.2) is 42.2 Å². The predicted octanol–water partition coefficient (Wildman–Crippen LogP) is 5.83. The van der Waals surface area contributed by atoms with E-state index in [1.807, 2.05) is 37.3 Å². The average molecular weight is 509 g/mol. The molecule has 36 heavy (non-hydrogen) atoms. The maximum atomic E-state index is 11.1. The van der Waals surface area contributed by atoms with Gasteiger partial charge in [-0.25, -0.2) is 4.98 Å². The van der Waals surface area contributed by atoms with Gasteiger partial charge >= 0.3 is 0 Å². The summed E-state index contributed by atoms with van der Waals surface area (Å²) < 4.78 is 18.1. The molecule has 0 aliphatic carbocycles. The molecule has 5 rings (SSSR count). The first-order chi connectivity index (χ1) is 17.6. The van der Waals surface area contributed by atoms with Crippen LogP contribution in [0, 0.1) is 6.92 Å². The maximum absolute atomic E-state index is 11.1. The van der Waals surface area contributed by atoms with Crippen LogP contribution in [0.1, 0.15) is 54.0 Å². The highest BCUT2D eigenvalue weighted by atomic mass is 35.5. The van der Waals surface area contributed by atoms with Crippen molar-refractivity contribution in [2.24, 2.45) is 0 Å². The highest BCUT2D eigenvalue weighted by molar-refractivity contribution is 6.31. The third-order valence-corrected chi connectivity index (χ3v) is 7.12. The molecule has 1 aromatic heterocycles. The summed E-state index contributed by atoms with van der Waals surface area (Å²) in [5.41, 5.74) is 4.97. The van der Waals surface area contributed by atoms with Crippen LogP contribution in [0.4, 0.5) is 5.69 Å². The van der Waals surface area contributed by atoms with Gasteiger partial charge in [0.25, 0.3) is 0 Å². The molecule has 0 bridgehead atoms. The zero-order valence-electron chi connectivity index (χ0n) is 20.6. The topological polar surface area (TPSA) is 64.1 Å². The second-order valence-electron chi connectivity index (χ2n) is 9.58. The largest absolute Gasteiger partial charge is 0.471 e. The molecule has 3 atom stereocenters. The van der Waals surface area contributed by atoms with Crippen molar-refractivity contribution in [1.82, 2.24) is 4.98 Å². The molecule has 2 aromatic carbocycles. The summed E-state index contributed by atoms with van der Waals surface area (Å²) in [7, 11) is 0. The zero-order chi connectivity index (χ0) is 24.9. The van der Waals surface area contributed by atoms with Crippen molar-refractivity contribution < 1.29 is 19.3 Å². The number of hydrogen-bond donors (Lipinski definition) is 1. The molecule has 2 aliphatic heterocycles. The first-order valence-corrected chi connectivity index (χ1v) is 13.1. The fraction of sp³-hybridized carbons (Fsp3) is 0.414. The van der Waals surface area contributed by atoms with Gasteiger partial charge in [0.15, 0.2) is 6.29 Å². The molecular weight excluding hydrogens is 476 g/mol. The maximum Gasteiger partial charge on any atom is 0.232 e. The molecule has 7 heteroatoms. The first-order valence-electron chi connectivity index (χ1n) is 12.7. The van der Waals surface area contributed by atoms with Crippen LogP contribution >= 0.6 is 11.6 Å². The van der Waals surface area contributed by atoms with Gasteiger partial charge in [-0.3, -0.25) is 0 Å². The van der Waals surface area contributed by atoms with Gasteiger partial charge in [0.1, 0.15) is 17.2 Å². The molecule has 0 saturated carbocycles. The highest BCUT2D eigenvalue weighted by Gasteiger charge is 2.28. The summed E-state index contributed by atoms with van der Waals surface area (Å²) in [5.74, 6) is 0.473. The van der Waals surface area contributed by atoms with Gasteiger partial charge in [-0.2, -0.15) is 0 Å². The van der Waals surface area contributed by atoms with Crippen molar-refractivity contribution in [1.29, 1.82) is 0 Å². The van der Waals surface area contributed by atoms with E-state index in [4.69, 9.17) is 25.8 Å². The number of halogens is 1. The number of nitrogens with zero attached hydrogens (tertiary/aromatic N) is 2. The lowest BCUT2D eigenvalue weighted by Gasteiger charge is -2.26. The first kappa shape index (κ1) is 25.0. The lowest BCUT2D eigenvalue weighted by Crippen LogP contribution is -2.26. The lowest BCUT2D eigenvalue weighted by atomic mass is 9.97. The fourth-order valence-electron chi connectivity index (χ4n) is 4.92. The number of rotatable bonds is 8. The predicted molar refractivity (Wildman–Crippen MR) is 141 cm³/mol. The van der Waals surface area contributed by atoms with Crippen molar-refractivity contribution in [3.8, 4) is 5.88 Å². The van der Waals surface area contributed by atoms with Crippen molar-refractivity contribution in [3.63, 3.8) is 0 Å². The summed E-state index contributed by atoms with van der Waals surface area (Å²) >= 11 is 6.25. The van der Waals surface area contributed by atoms with Crippen LogP contribution in [0.3, 0.4) is 0 Å². The zero-order valence-corrected chi connectivity index (χ0v) is 21.4. The minimum Gasteiger partial charge on any atom is -0.471 e. The number of pyridine rings is 1. The monoisotopic (exact) mass is 508 g/mol. The minimum absolute atomic E-state index is 0.00888. The molecule has 6 nitrogen and oxygen atoms in total. The number of ether oxygens (including phenoxy) is 3. The number of aliphatic hydroxyl groups excluding tert-OH is 1. The van der Waals surface area contributed by atoms with Crippen LogP contribution in [0.5, 0.6) is 5.88 Å². The quantitative estimate of drug-likeness (QED) is 0.413. The van der Waals surface area contributed by atoms with Gasteiger partial charge in [0.05, 0.1) is 13.2 Å². The van der Waals surface area contributed by atoms with Crippen molar-refractivity contribution in [3.05, 3.63) is 88.1 Å². The van der Waals surface area contributed by atoms with Crippen LogP contribution in [0.2, 0.25) is 5.02 Å². The van der Waals surface area contributed by atoms with E-state index in [0.717, 1.165) is 73.3 Å². The summed E-state index contributed by atoms with van der Waals surface area (Å²) in [6.45, 7) is 4.77. The number of hydrogen-bond acceptors (Lipinski definition) is 6. The molecule has 2 unspecified atom stereocenters. The molecule has 2 aliphatic rings. The van der Waals surface area contributed by atoms with Crippen LogP contribution < -0.4 is 9.64 Å². The number of aryl methyl sites for hydroxylation is 1. The van der Waals surface area contributed by atoms with Gasteiger partial charge in [-0.05, 0) is 61.6 Å². The summed E-state index contributed by atoms with van der Waals surface area (Å²) in [4.78, 5) is 6.58. The van der Waals surface area contributed by atoms with Gasteiger partial charge in [0, 0.05) is 37.0 Å². The van der Waals surface area contributed by atoms with E-state index in [0.29, 0.717) is 17.5 Å². The Hall–Kier alpha value is -2.64. The molecular formula is C29H33ClN2O4. The molecule has 2 fully saturated rings. The Morgan fingerprint density at radius 1 is 1.11 bits per heavy atom. The van der Waals surface area contributed by atoms with Gasteiger partial charge in [-0.1, -0.05) is 47.5 Å². The Morgan fingerprint density at radius 3 is 2.81 bits per heavy atom. The van der Waals surface area contributed by atoms with E-state index in [2.05, 4.69) is 22.0 Å². The van der Waals surface area contributed by atoms with E-state index in [1.165, 1.54) is 0 Å². The van der Waals surface area contributed by atoms with E-state index in [-0.39, 0.29) is 12.4 Å². The molecule has 3 aromatic rings. The molecule has 0 amide bonds. The van der Waals surface area contributed by atoms with Crippen molar-refractivity contribution in [2.45, 2.75) is 57.7 Å². The average Bonchev–Trinajstić information content (AvgIpc) is 3.37. The summed E-state index contributed by atoms with van der Waals surface area (Å²) in [6, 6.07) is 17.7. The summed E-state index contributed by atoms with van der Waals surface area (Å²) in [6.07, 6.45) is 4.77. The number of aliphatic hydroxyl groups is 1. The van der Waals surface area contributed by atoms with E-state index < -0.39 is 6.10 Å². The van der Waals surface area contributed by atoms with Crippen molar-refractivity contribution >= 4 is 17.3 Å². The third kappa shape index (κ3) is 6.01. The van der Waals surface area contributed by atoms with Gasteiger partial charge in [-0.15, -0.1) is 0 Å². The Morgan fingerprint density at radius 2 is 2.00 bits per heavy atom. The van der Waals surface area contributed by atoms with Crippen LogP contribution in [-0.2, 0) is 16.1 Å². The molecule has 0 spiro atoms. The Balaban J connectivity index is 1.35. The Kier molecular flexibility index (Phi) is 8.07. The minimum atomic E-state index is -0.704. The third-order valence-electron chi connectivity index (χ3n) is 6.83. The molecule has 1 N–H and O–H groups in total. The highest BCUT2D eigenvalue weighted by Crippen LogP contribution is 2.33. The van der Waals surface area contributed by atoms with Gasteiger partial charge < -0.3 is 24.2 Å². The SMILES string of the molecule is Cc1cccc(C(O)c2ccc(N3CC[C@H](Oc4ncccc4Cl)C3)c(COC3CCCCO3)c2)c1. The Bertz CT molecular complexity index is 1170. The standard InChI is InChI=1S/C29H33ClN2O4/c1-20-6-4-7-21(16-20)28(33)22-10-11-26(23(17-22)19-35-27-9-2-3-15-34-27)32-14-12-24(18-32)36-29-25(30)8-5-13-31-29/h4-8,10-11,13,16-17,24,27-28,33H,2-3,9,12,14-15,18-19H2,1H3/t24-,27?,28?/m0/s1. The molecule has 3 heterocycles. The van der Waals surface area contributed by atoms with Crippen LogP contribution in [0.25, 0.3) is 0 Å². The van der Waals surface area contributed by atoms with E-state index in [1.54, 1.807) is 18.3 Å². The second-order valence-corrected chi connectivity index (χ2v) is 9.98. The molecule has 2 saturated heterocycles. The van der Waals surface area contributed by atoms with Crippen LogP contribution in [0.15, 0.2) is 60.8 Å². The summed E-state index contributed by atoms with van der Waals surface area (Å²) in [5, 5.41) is 11.6.